The summed E-state index contributed by atoms with van der Waals surface area (Å²) >= 11 is 1.02. The lowest BCUT2D eigenvalue weighted by atomic mass is 10.3. The first-order chi connectivity index (χ1) is 5.61. The van der Waals surface area contributed by atoms with Gasteiger partial charge in [0, 0.05) is 11.6 Å². The SMILES string of the molecule is NC(Cn1ccsc1=O)C(=O)O. The molecular formula is C6H8N2O3S. The second-order valence-corrected chi connectivity index (χ2v) is 3.12. The van der Waals surface area contributed by atoms with Crippen LogP contribution in [0.1, 0.15) is 0 Å². The van der Waals surface area contributed by atoms with E-state index in [1.807, 2.05) is 0 Å². The second-order valence-electron chi connectivity index (χ2n) is 2.27. The van der Waals surface area contributed by atoms with E-state index in [0.29, 0.717) is 0 Å². The lowest BCUT2D eigenvalue weighted by molar-refractivity contribution is -0.138. The van der Waals surface area contributed by atoms with Gasteiger partial charge in [0.05, 0.1) is 6.54 Å². The summed E-state index contributed by atoms with van der Waals surface area (Å²) in [5, 5.41) is 10.0. The molecule has 66 valence electrons. The molecule has 0 aliphatic carbocycles. The van der Waals surface area contributed by atoms with E-state index >= 15 is 0 Å². The van der Waals surface area contributed by atoms with Crippen molar-refractivity contribution >= 4 is 17.3 Å². The third-order valence-corrected chi connectivity index (χ3v) is 2.05. The van der Waals surface area contributed by atoms with Gasteiger partial charge in [-0.05, 0) is 0 Å². The van der Waals surface area contributed by atoms with Crippen molar-refractivity contribution in [2.75, 3.05) is 0 Å². The highest BCUT2D eigenvalue weighted by molar-refractivity contribution is 7.07. The van der Waals surface area contributed by atoms with Crippen molar-refractivity contribution in [1.29, 1.82) is 0 Å². The van der Waals surface area contributed by atoms with Crippen LogP contribution in [0.5, 0.6) is 0 Å². The molecule has 5 nitrogen and oxygen atoms in total. The third kappa shape index (κ3) is 1.93. The first kappa shape index (κ1) is 8.95. The van der Waals surface area contributed by atoms with Gasteiger partial charge in [-0.15, -0.1) is 0 Å². The van der Waals surface area contributed by atoms with Gasteiger partial charge in [0.15, 0.2) is 0 Å². The number of rotatable bonds is 3. The molecule has 0 spiro atoms. The fourth-order valence-corrected chi connectivity index (χ4v) is 1.31. The average Bonchev–Trinajstić information content (AvgIpc) is 2.36. The molecule has 1 rings (SSSR count). The lowest BCUT2D eigenvalue weighted by Gasteiger charge is -2.04. The van der Waals surface area contributed by atoms with E-state index in [1.54, 1.807) is 5.38 Å². The number of hydrogen-bond donors (Lipinski definition) is 2. The molecule has 1 atom stereocenters. The lowest BCUT2D eigenvalue weighted by Crippen LogP contribution is -2.36. The molecule has 0 aliphatic heterocycles. The zero-order valence-electron chi connectivity index (χ0n) is 6.14. The highest BCUT2D eigenvalue weighted by atomic mass is 32.1. The summed E-state index contributed by atoms with van der Waals surface area (Å²) in [5.74, 6) is -1.10. The number of nitrogens with zero attached hydrogens (tertiary/aromatic N) is 1. The van der Waals surface area contributed by atoms with Crippen LogP contribution < -0.4 is 10.6 Å². The van der Waals surface area contributed by atoms with Gasteiger partial charge in [-0.2, -0.15) is 0 Å². The van der Waals surface area contributed by atoms with Crippen molar-refractivity contribution in [3.05, 3.63) is 21.2 Å². The van der Waals surface area contributed by atoms with Crippen molar-refractivity contribution in [1.82, 2.24) is 4.57 Å². The molecule has 0 aliphatic rings. The van der Waals surface area contributed by atoms with Gasteiger partial charge in [0.25, 0.3) is 0 Å². The van der Waals surface area contributed by atoms with E-state index < -0.39 is 12.0 Å². The second kappa shape index (κ2) is 3.51. The predicted molar refractivity (Wildman–Crippen MR) is 44.2 cm³/mol. The van der Waals surface area contributed by atoms with Crippen LogP contribution in [0, 0.1) is 0 Å². The molecule has 1 aromatic heterocycles. The van der Waals surface area contributed by atoms with Crippen LogP contribution >= 0.6 is 11.3 Å². The molecule has 6 heteroatoms. The normalized spacial score (nSPS) is 12.8. The van der Waals surface area contributed by atoms with E-state index in [0.717, 1.165) is 11.3 Å². The van der Waals surface area contributed by atoms with Gasteiger partial charge in [0.2, 0.25) is 0 Å². The van der Waals surface area contributed by atoms with Crippen molar-refractivity contribution in [3.63, 3.8) is 0 Å². The first-order valence-corrected chi connectivity index (χ1v) is 4.11. The predicted octanol–water partition coefficient (Wildman–Crippen LogP) is -0.678. The summed E-state index contributed by atoms with van der Waals surface area (Å²) in [6.45, 7) is 0.0255. The van der Waals surface area contributed by atoms with Gasteiger partial charge in [-0.25, -0.2) is 0 Å². The van der Waals surface area contributed by atoms with Crippen molar-refractivity contribution < 1.29 is 9.90 Å². The highest BCUT2D eigenvalue weighted by Crippen LogP contribution is 1.91. The Morgan fingerprint density at radius 1 is 1.83 bits per heavy atom. The van der Waals surface area contributed by atoms with Crippen molar-refractivity contribution in [2.45, 2.75) is 12.6 Å². The molecule has 12 heavy (non-hydrogen) atoms. The summed E-state index contributed by atoms with van der Waals surface area (Å²) in [6, 6.07) is -1.02. The molecule has 1 heterocycles. The number of nitrogens with two attached hydrogens (primary N) is 1. The topological polar surface area (TPSA) is 85.3 Å². The quantitative estimate of drug-likeness (QED) is 0.658. The van der Waals surface area contributed by atoms with E-state index in [1.165, 1.54) is 10.8 Å². The summed E-state index contributed by atoms with van der Waals surface area (Å²) < 4.78 is 1.28. The Morgan fingerprint density at radius 3 is 2.92 bits per heavy atom. The van der Waals surface area contributed by atoms with Crippen molar-refractivity contribution in [2.24, 2.45) is 5.73 Å². The Morgan fingerprint density at radius 2 is 2.50 bits per heavy atom. The summed E-state index contributed by atoms with van der Waals surface area (Å²) in [6.07, 6.45) is 1.52. The van der Waals surface area contributed by atoms with Crippen LogP contribution in [-0.4, -0.2) is 21.7 Å². The molecule has 0 bridgehead atoms. The Hall–Kier alpha value is -1.14. The fraction of sp³-hybridized carbons (Fsp3) is 0.333. The third-order valence-electron chi connectivity index (χ3n) is 1.35. The van der Waals surface area contributed by atoms with Crippen LogP contribution in [0.4, 0.5) is 0 Å². The van der Waals surface area contributed by atoms with Crippen LogP contribution in [-0.2, 0) is 11.3 Å². The van der Waals surface area contributed by atoms with E-state index in [4.69, 9.17) is 10.8 Å². The highest BCUT2D eigenvalue weighted by Gasteiger charge is 2.12. The maximum atomic E-state index is 10.9. The Labute approximate surface area is 72.1 Å². The minimum Gasteiger partial charge on any atom is -0.480 e. The van der Waals surface area contributed by atoms with Crippen LogP contribution in [0.25, 0.3) is 0 Å². The molecule has 0 aromatic carbocycles. The number of thiazole rings is 1. The first-order valence-electron chi connectivity index (χ1n) is 3.23. The number of aromatic nitrogens is 1. The standard InChI is InChI=1S/C6H8N2O3S/c7-4(5(9)10)3-8-1-2-12-6(8)11/h1-2,4H,3,7H2,(H,9,10). The van der Waals surface area contributed by atoms with Crippen LogP contribution in [0.2, 0.25) is 0 Å². The zero-order valence-corrected chi connectivity index (χ0v) is 6.95. The minimum absolute atomic E-state index is 0.0255. The molecule has 0 saturated heterocycles. The minimum atomic E-state index is -1.10. The Bertz CT molecular complexity index is 330. The average molecular weight is 188 g/mol. The smallest absolute Gasteiger partial charge is 0.322 e. The van der Waals surface area contributed by atoms with E-state index in [-0.39, 0.29) is 11.4 Å². The fourth-order valence-electron chi connectivity index (χ4n) is 0.716. The summed E-state index contributed by atoms with van der Waals surface area (Å²) in [5.41, 5.74) is 5.22. The van der Waals surface area contributed by atoms with Gasteiger partial charge < -0.3 is 15.4 Å². The molecule has 0 fully saturated rings. The Balaban J connectivity index is 2.70. The monoisotopic (exact) mass is 188 g/mol. The number of carboxylic acid groups (broad SMARTS) is 1. The maximum Gasteiger partial charge on any atom is 0.322 e. The van der Waals surface area contributed by atoms with E-state index in [2.05, 4.69) is 0 Å². The Kier molecular flexibility index (Phi) is 2.61. The van der Waals surface area contributed by atoms with E-state index in [9.17, 15) is 9.59 Å². The molecule has 1 aromatic rings. The molecular weight excluding hydrogens is 180 g/mol. The molecule has 1 unspecified atom stereocenters. The molecule has 3 N–H and O–H groups in total. The van der Waals surface area contributed by atoms with Crippen molar-refractivity contribution in [3.8, 4) is 0 Å². The van der Waals surface area contributed by atoms with Crippen LogP contribution in [0.3, 0.4) is 0 Å². The molecule has 0 amide bonds. The number of aliphatic carboxylic acids is 1. The number of carboxylic acids is 1. The van der Waals surface area contributed by atoms with Crippen LogP contribution in [0.15, 0.2) is 16.4 Å². The maximum absolute atomic E-state index is 10.9. The largest absolute Gasteiger partial charge is 0.480 e. The molecule has 0 saturated carbocycles. The summed E-state index contributed by atoms with van der Waals surface area (Å²) in [7, 11) is 0. The zero-order chi connectivity index (χ0) is 9.14. The summed E-state index contributed by atoms with van der Waals surface area (Å²) in [4.78, 5) is 21.0. The van der Waals surface area contributed by atoms with Gasteiger partial charge in [-0.3, -0.25) is 9.59 Å². The van der Waals surface area contributed by atoms with Gasteiger partial charge in [0.1, 0.15) is 6.04 Å². The molecule has 0 radical (unpaired) electrons. The number of carbonyl (C=O) groups is 1. The van der Waals surface area contributed by atoms with Gasteiger partial charge in [-0.1, -0.05) is 11.3 Å². The number of hydrogen-bond acceptors (Lipinski definition) is 4. The van der Waals surface area contributed by atoms with Gasteiger partial charge >= 0.3 is 10.8 Å².